The summed E-state index contributed by atoms with van der Waals surface area (Å²) in [7, 11) is 0. The number of nitrogens with zero attached hydrogens (tertiary/aromatic N) is 1. The zero-order chi connectivity index (χ0) is 20.6. The van der Waals surface area contributed by atoms with Crippen LogP contribution >= 0.6 is 0 Å². The maximum absolute atomic E-state index is 12.7. The lowest BCUT2D eigenvalue weighted by atomic mass is 10.1. The Bertz CT molecular complexity index is 597. The predicted molar refractivity (Wildman–Crippen MR) is 90.8 cm³/mol. The van der Waals surface area contributed by atoms with Gasteiger partial charge in [-0.2, -0.15) is 0 Å². The molecule has 12 heteroatoms. The SMILES string of the molecule is NC(=O)CCC(NC(=O)CNC(=O)C(N)CO)C(=O)N1CCCC1C(=O)O. The van der Waals surface area contributed by atoms with Crippen molar-refractivity contribution in [3.05, 3.63) is 0 Å². The molecule has 4 amide bonds. The largest absolute Gasteiger partial charge is 0.480 e. The fourth-order valence-electron chi connectivity index (χ4n) is 2.66. The van der Waals surface area contributed by atoms with Gasteiger partial charge < -0.3 is 37.2 Å². The van der Waals surface area contributed by atoms with E-state index in [0.717, 1.165) is 4.90 Å². The summed E-state index contributed by atoms with van der Waals surface area (Å²) < 4.78 is 0. The van der Waals surface area contributed by atoms with E-state index >= 15 is 0 Å². The molecule has 3 unspecified atom stereocenters. The maximum atomic E-state index is 12.7. The van der Waals surface area contributed by atoms with Crippen LogP contribution in [-0.2, 0) is 24.0 Å². The average Bonchev–Trinajstić information content (AvgIpc) is 3.11. The Kier molecular flexibility index (Phi) is 8.62. The number of aliphatic hydroxyl groups excluding tert-OH is 1. The van der Waals surface area contributed by atoms with Crippen LogP contribution < -0.4 is 22.1 Å². The van der Waals surface area contributed by atoms with Gasteiger partial charge in [-0.1, -0.05) is 0 Å². The van der Waals surface area contributed by atoms with Gasteiger partial charge in [0.1, 0.15) is 18.1 Å². The molecular weight excluding hydrogens is 362 g/mol. The third kappa shape index (κ3) is 6.83. The average molecular weight is 387 g/mol. The highest BCUT2D eigenvalue weighted by atomic mass is 16.4. The number of hydrogen-bond donors (Lipinski definition) is 6. The molecule has 152 valence electrons. The van der Waals surface area contributed by atoms with E-state index < -0.39 is 60.9 Å². The summed E-state index contributed by atoms with van der Waals surface area (Å²) in [5.41, 5.74) is 10.4. The quantitative estimate of drug-likeness (QED) is 0.219. The molecule has 0 spiro atoms. The Morgan fingerprint density at radius 3 is 2.44 bits per heavy atom. The topological polar surface area (TPSA) is 205 Å². The lowest BCUT2D eigenvalue weighted by Crippen LogP contribution is -2.54. The second-order valence-corrected chi connectivity index (χ2v) is 6.16. The summed E-state index contributed by atoms with van der Waals surface area (Å²) in [5, 5.41) is 22.5. The van der Waals surface area contributed by atoms with E-state index in [9.17, 15) is 29.1 Å². The van der Waals surface area contributed by atoms with E-state index in [-0.39, 0.29) is 19.4 Å². The number of primary amides is 1. The number of rotatable bonds is 10. The molecule has 0 saturated carbocycles. The van der Waals surface area contributed by atoms with E-state index in [2.05, 4.69) is 10.6 Å². The summed E-state index contributed by atoms with van der Waals surface area (Å²) in [4.78, 5) is 59.6. The van der Waals surface area contributed by atoms with Crippen molar-refractivity contribution < 1.29 is 34.2 Å². The molecule has 0 aromatic carbocycles. The molecule has 0 radical (unpaired) electrons. The second-order valence-electron chi connectivity index (χ2n) is 6.16. The zero-order valence-electron chi connectivity index (χ0n) is 14.7. The molecule has 1 heterocycles. The van der Waals surface area contributed by atoms with Crippen molar-refractivity contribution >= 4 is 29.6 Å². The first kappa shape index (κ1) is 22.3. The number of hydrogen-bond acceptors (Lipinski definition) is 7. The highest BCUT2D eigenvalue weighted by molar-refractivity contribution is 5.93. The van der Waals surface area contributed by atoms with Gasteiger partial charge >= 0.3 is 5.97 Å². The van der Waals surface area contributed by atoms with Crippen LogP contribution in [0.1, 0.15) is 25.7 Å². The van der Waals surface area contributed by atoms with Crippen LogP contribution in [0.25, 0.3) is 0 Å². The van der Waals surface area contributed by atoms with Crippen LogP contribution in [0, 0.1) is 0 Å². The molecule has 1 fully saturated rings. The van der Waals surface area contributed by atoms with Gasteiger partial charge in [-0.3, -0.25) is 19.2 Å². The van der Waals surface area contributed by atoms with Gasteiger partial charge in [0.2, 0.25) is 23.6 Å². The summed E-state index contributed by atoms with van der Waals surface area (Å²) in [6.45, 7) is -0.880. The summed E-state index contributed by atoms with van der Waals surface area (Å²) >= 11 is 0. The van der Waals surface area contributed by atoms with Gasteiger partial charge in [0.05, 0.1) is 13.2 Å². The highest BCUT2D eigenvalue weighted by Gasteiger charge is 2.37. The molecule has 0 aromatic heterocycles. The predicted octanol–water partition coefficient (Wildman–Crippen LogP) is -3.75. The number of carbonyl (C=O) groups excluding carboxylic acids is 4. The van der Waals surface area contributed by atoms with Crippen molar-refractivity contribution in [3.63, 3.8) is 0 Å². The fourth-order valence-corrected chi connectivity index (χ4v) is 2.66. The number of carboxylic acids is 1. The maximum Gasteiger partial charge on any atom is 0.326 e. The molecule has 0 aromatic rings. The molecule has 3 atom stereocenters. The standard InChI is InChI=1S/C15H25N5O7/c16-8(7-21)13(24)18-6-12(23)19-9(3-4-11(17)22)14(25)20-5-1-2-10(20)15(26)27/h8-10,21H,1-7,16H2,(H2,17,22)(H,18,24)(H,19,23)(H,26,27). The van der Waals surface area contributed by atoms with Gasteiger partial charge in [-0.25, -0.2) is 4.79 Å². The number of carbonyl (C=O) groups is 5. The first-order valence-electron chi connectivity index (χ1n) is 8.42. The van der Waals surface area contributed by atoms with Crippen molar-refractivity contribution in [1.29, 1.82) is 0 Å². The number of likely N-dealkylation sites (tertiary alicyclic amines) is 1. The molecule has 8 N–H and O–H groups in total. The van der Waals surface area contributed by atoms with Crippen molar-refractivity contribution in [2.45, 2.75) is 43.8 Å². The zero-order valence-corrected chi connectivity index (χ0v) is 14.7. The van der Waals surface area contributed by atoms with Gasteiger partial charge in [-0.15, -0.1) is 0 Å². The Balaban J connectivity index is 2.74. The fraction of sp³-hybridized carbons (Fsp3) is 0.667. The van der Waals surface area contributed by atoms with Crippen molar-refractivity contribution in [2.75, 3.05) is 19.7 Å². The lowest BCUT2D eigenvalue weighted by molar-refractivity contribution is -0.149. The second kappa shape index (κ2) is 10.4. The molecule has 12 nitrogen and oxygen atoms in total. The first-order valence-corrected chi connectivity index (χ1v) is 8.42. The molecule has 1 rings (SSSR count). The third-order valence-corrected chi connectivity index (χ3v) is 4.09. The normalized spacial score (nSPS) is 18.4. The summed E-state index contributed by atoms with van der Waals surface area (Å²) in [6.07, 6.45) is 0.512. The summed E-state index contributed by atoms with van der Waals surface area (Å²) in [5.74, 6) is -3.94. The minimum absolute atomic E-state index is 0.104. The highest BCUT2D eigenvalue weighted by Crippen LogP contribution is 2.19. The molecule has 0 aliphatic carbocycles. The molecule has 0 bridgehead atoms. The van der Waals surface area contributed by atoms with Crippen LogP contribution in [0.15, 0.2) is 0 Å². The van der Waals surface area contributed by atoms with Crippen molar-refractivity contribution in [1.82, 2.24) is 15.5 Å². The first-order chi connectivity index (χ1) is 12.7. The molecule has 1 aliphatic rings. The van der Waals surface area contributed by atoms with Crippen molar-refractivity contribution in [3.8, 4) is 0 Å². The number of nitrogens with two attached hydrogens (primary N) is 2. The molecule has 27 heavy (non-hydrogen) atoms. The van der Waals surface area contributed by atoms with Gasteiger partial charge in [0.15, 0.2) is 0 Å². The number of aliphatic carboxylic acids is 1. The number of carboxylic acid groups (broad SMARTS) is 1. The lowest BCUT2D eigenvalue weighted by Gasteiger charge is -2.27. The van der Waals surface area contributed by atoms with Crippen LogP contribution in [0.2, 0.25) is 0 Å². The Labute approximate surface area is 155 Å². The summed E-state index contributed by atoms with van der Waals surface area (Å²) in [6, 6.07) is -3.34. The monoisotopic (exact) mass is 387 g/mol. The van der Waals surface area contributed by atoms with E-state index in [1.165, 1.54) is 0 Å². The smallest absolute Gasteiger partial charge is 0.326 e. The van der Waals surface area contributed by atoms with E-state index in [1.54, 1.807) is 0 Å². The van der Waals surface area contributed by atoms with E-state index in [4.69, 9.17) is 16.6 Å². The molecule has 1 saturated heterocycles. The number of nitrogens with one attached hydrogen (secondary N) is 2. The number of aliphatic hydroxyl groups is 1. The van der Waals surface area contributed by atoms with Gasteiger partial charge in [-0.05, 0) is 19.3 Å². The van der Waals surface area contributed by atoms with E-state index in [0.29, 0.717) is 12.8 Å². The van der Waals surface area contributed by atoms with Crippen molar-refractivity contribution in [2.24, 2.45) is 11.5 Å². The number of amides is 4. The third-order valence-electron chi connectivity index (χ3n) is 4.09. The van der Waals surface area contributed by atoms with Crippen LogP contribution in [0.3, 0.4) is 0 Å². The Morgan fingerprint density at radius 1 is 1.22 bits per heavy atom. The molecule has 1 aliphatic heterocycles. The van der Waals surface area contributed by atoms with Gasteiger partial charge in [0, 0.05) is 13.0 Å². The van der Waals surface area contributed by atoms with Gasteiger partial charge in [0.25, 0.3) is 0 Å². The minimum atomic E-state index is -1.19. The Hall–Kier alpha value is -2.73. The van der Waals surface area contributed by atoms with E-state index in [1.807, 2.05) is 0 Å². The Morgan fingerprint density at radius 2 is 1.89 bits per heavy atom. The van der Waals surface area contributed by atoms with Crippen LogP contribution in [0.5, 0.6) is 0 Å². The minimum Gasteiger partial charge on any atom is -0.480 e. The van der Waals surface area contributed by atoms with Crippen LogP contribution in [0.4, 0.5) is 0 Å². The van der Waals surface area contributed by atoms with Crippen LogP contribution in [-0.4, -0.2) is 82.5 Å². The molecular formula is C15H25N5O7.